The molecule has 8 heteroatoms. The first-order chi connectivity index (χ1) is 18.5. The van der Waals surface area contributed by atoms with E-state index in [0.29, 0.717) is 28.7 Å². The molecule has 0 aliphatic carbocycles. The number of fused-ring (bicyclic) bond motifs is 4. The maximum absolute atomic E-state index is 5.73. The zero-order valence-electron chi connectivity index (χ0n) is 23.0. The Bertz CT molecular complexity index is 1310. The maximum atomic E-state index is 5.73. The largest absolute Gasteiger partial charge is 0.493 e. The summed E-state index contributed by atoms with van der Waals surface area (Å²) in [4.78, 5) is 2.54. The molecule has 0 radical (unpaired) electrons. The molecule has 0 saturated carbocycles. The van der Waals surface area contributed by atoms with E-state index in [1.807, 2.05) is 12.1 Å². The lowest BCUT2D eigenvalue weighted by atomic mass is 9.78. The SMILES string of the molecule is COc1cc2c(cc1OC)[C@H](c1cc(OC)c(OC)c(OC)c1)N1CCc3cc(OC)c(OC)cc3[C@@H]1C2. The van der Waals surface area contributed by atoms with Crippen molar-refractivity contribution in [1.29, 1.82) is 0 Å². The number of benzene rings is 3. The topological polar surface area (TPSA) is 67.9 Å². The fraction of sp³-hybridized carbons (Fsp3) is 0.400. The van der Waals surface area contributed by atoms with Crippen LogP contribution in [-0.4, -0.2) is 61.2 Å². The van der Waals surface area contributed by atoms with Crippen molar-refractivity contribution >= 4 is 0 Å². The smallest absolute Gasteiger partial charge is 0.203 e. The van der Waals surface area contributed by atoms with Crippen molar-refractivity contribution in [3.05, 3.63) is 64.2 Å². The highest BCUT2D eigenvalue weighted by molar-refractivity contribution is 5.59. The van der Waals surface area contributed by atoms with Gasteiger partial charge in [-0.3, -0.25) is 4.90 Å². The van der Waals surface area contributed by atoms with Gasteiger partial charge in [-0.2, -0.15) is 0 Å². The lowest BCUT2D eigenvalue weighted by molar-refractivity contribution is 0.128. The van der Waals surface area contributed by atoms with Gasteiger partial charge in [-0.15, -0.1) is 0 Å². The highest BCUT2D eigenvalue weighted by Gasteiger charge is 2.41. The molecule has 3 aromatic rings. The highest BCUT2D eigenvalue weighted by Crippen LogP contribution is 2.52. The van der Waals surface area contributed by atoms with Crippen LogP contribution in [0.25, 0.3) is 0 Å². The molecular weight excluding hydrogens is 486 g/mol. The molecule has 2 heterocycles. The summed E-state index contributed by atoms with van der Waals surface area (Å²) in [5.74, 6) is 4.71. The molecule has 0 bridgehead atoms. The molecular formula is C30H35NO7. The molecule has 0 spiro atoms. The minimum atomic E-state index is -0.0847. The molecule has 2 aliphatic heterocycles. The fourth-order valence-electron chi connectivity index (χ4n) is 5.97. The Morgan fingerprint density at radius 3 is 1.58 bits per heavy atom. The highest BCUT2D eigenvalue weighted by atomic mass is 16.5. The monoisotopic (exact) mass is 521 g/mol. The summed E-state index contributed by atoms with van der Waals surface area (Å²) in [6.07, 6.45) is 1.70. The number of nitrogens with zero attached hydrogens (tertiary/aromatic N) is 1. The van der Waals surface area contributed by atoms with Crippen molar-refractivity contribution in [3.63, 3.8) is 0 Å². The minimum absolute atomic E-state index is 0.0847. The predicted octanol–water partition coefficient (Wildman–Crippen LogP) is 4.99. The van der Waals surface area contributed by atoms with Crippen LogP contribution in [0.3, 0.4) is 0 Å². The Labute approximate surface area is 223 Å². The van der Waals surface area contributed by atoms with Crippen molar-refractivity contribution in [2.45, 2.75) is 24.9 Å². The third kappa shape index (κ3) is 4.13. The Morgan fingerprint density at radius 2 is 1.05 bits per heavy atom. The third-order valence-corrected chi connectivity index (χ3v) is 7.73. The molecule has 0 N–H and O–H groups in total. The van der Waals surface area contributed by atoms with E-state index >= 15 is 0 Å². The quantitative estimate of drug-likeness (QED) is 0.411. The zero-order valence-corrected chi connectivity index (χ0v) is 23.0. The molecule has 2 aliphatic rings. The molecule has 0 saturated heterocycles. The number of methoxy groups -OCH3 is 7. The van der Waals surface area contributed by atoms with E-state index in [1.165, 1.54) is 16.7 Å². The molecule has 0 fully saturated rings. The lowest BCUT2D eigenvalue weighted by Crippen LogP contribution is -2.43. The van der Waals surface area contributed by atoms with Gasteiger partial charge in [-0.25, -0.2) is 0 Å². The average Bonchev–Trinajstić information content (AvgIpc) is 2.97. The number of ether oxygens (including phenoxy) is 7. The van der Waals surface area contributed by atoms with Crippen molar-refractivity contribution in [3.8, 4) is 40.2 Å². The van der Waals surface area contributed by atoms with Gasteiger partial charge in [0.05, 0.1) is 55.8 Å². The second-order valence-electron chi connectivity index (χ2n) is 9.38. The molecule has 3 aromatic carbocycles. The summed E-state index contributed by atoms with van der Waals surface area (Å²) in [6.45, 7) is 0.863. The molecule has 2 atom stereocenters. The number of hydrogen-bond acceptors (Lipinski definition) is 8. The lowest BCUT2D eigenvalue weighted by Gasteiger charge is -2.47. The summed E-state index contributed by atoms with van der Waals surface area (Å²) in [7, 11) is 11.6. The first kappa shape index (κ1) is 25.9. The maximum Gasteiger partial charge on any atom is 0.203 e. The summed E-state index contributed by atoms with van der Waals surface area (Å²) in [5.41, 5.74) is 5.92. The van der Waals surface area contributed by atoms with Crippen LogP contribution >= 0.6 is 0 Å². The van der Waals surface area contributed by atoms with Crippen LogP contribution in [0.1, 0.15) is 39.9 Å². The van der Waals surface area contributed by atoms with E-state index < -0.39 is 0 Å². The van der Waals surface area contributed by atoms with Gasteiger partial charge in [0.1, 0.15) is 0 Å². The van der Waals surface area contributed by atoms with Crippen molar-refractivity contribution in [2.75, 3.05) is 56.3 Å². The van der Waals surface area contributed by atoms with Gasteiger partial charge in [-0.05, 0) is 77.1 Å². The van der Waals surface area contributed by atoms with Gasteiger partial charge < -0.3 is 33.2 Å². The summed E-state index contributed by atoms with van der Waals surface area (Å²) >= 11 is 0. The van der Waals surface area contributed by atoms with Gasteiger partial charge in [0.25, 0.3) is 0 Å². The van der Waals surface area contributed by atoms with Gasteiger partial charge in [-0.1, -0.05) is 0 Å². The van der Waals surface area contributed by atoms with Crippen LogP contribution in [0.4, 0.5) is 0 Å². The van der Waals surface area contributed by atoms with Gasteiger partial charge in [0.15, 0.2) is 34.5 Å². The second-order valence-corrected chi connectivity index (χ2v) is 9.38. The molecule has 202 valence electrons. The molecule has 5 rings (SSSR count). The van der Waals surface area contributed by atoms with E-state index in [-0.39, 0.29) is 12.1 Å². The van der Waals surface area contributed by atoms with Gasteiger partial charge >= 0.3 is 0 Å². The Kier molecular flexibility index (Phi) is 7.17. The Morgan fingerprint density at radius 1 is 0.553 bits per heavy atom. The summed E-state index contributed by atoms with van der Waals surface area (Å²) in [6, 6.07) is 12.6. The van der Waals surface area contributed by atoms with Crippen LogP contribution in [0.5, 0.6) is 40.2 Å². The van der Waals surface area contributed by atoms with Crippen molar-refractivity contribution in [1.82, 2.24) is 4.90 Å². The van der Waals surface area contributed by atoms with Crippen LogP contribution < -0.4 is 33.2 Å². The molecule has 38 heavy (non-hydrogen) atoms. The van der Waals surface area contributed by atoms with E-state index in [4.69, 9.17) is 33.2 Å². The van der Waals surface area contributed by atoms with Crippen LogP contribution in [0.2, 0.25) is 0 Å². The fourth-order valence-corrected chi connectivity index (χ4v) is 5.97. The van der Waals surface area contributed by atoms with Crippen LogP contribution in [0.15, 0.2) is 36.4 Å². The molecule has 0 aromatic heterocycles. The van der Waals surface area contributed by atoms with E-state index in [1.54, 1.807) is 49.8 Å². The average molecular weight is 522 g/mol. The Balaban J connectivity index is 1.74. The predicted molar refractivity (Wildman–Crippen MR) is 144 cm³/mol. The van der Waals surface area contributed by atoms with E-state index in [0.717, 1.165) is 42.0 Å². The number of hydrogen-bond donors (Lipinski definition) is 0. The Hall–Kier alpha value is -3.78. The van der Waals surface area contributed by atoms with Crippen LogP contribution in [0, 0.1) is 0 Å². The summed E-state index contributed by atoms with van der Waals surface area (Å²) < 4.78 is 39.8. The van der Waals surface area contributed by atoms with Gasteiger partial charge in [0.2, 0.25) is 5.75 Å². The van der Waals surface area contributed by atoms with Crippen molar-refractivity contribution < 1.29 is 33.2 Å². The standard InChI is InChI=1S/C30H35NO7/c1-32-23-11-17-8-9-31-22(20(17)15-25(23)34-3)10-18-12-24(33-2)26(35-4)16-21(18)29(31)19-13-27(36-5)30(38-7)28(14-19)37-6/h11-16,22,29H,8-10H2,1-7H3/t22-,29-/m0/s1. The first-order valence-electron chi connectivity index (χ1n) is 12.6. The molecule has 0 amide bonds. The van der Waals surface area contributed by atoms with E-state index in [9.17, 15) is 0 Å². The van der Waals surface area contributed by atoms with Crippen LogP contribution in [-0.2, 0) is 12.8 Å². The first-order valence-corrected chi connectivity index (χ1v) is 12.6. The summed E-state index contributed by atoms with van der Waals surface area (Å²) in [5, 5.41) is 0. The molecule has 0 unspecified atom stereocenters. The van der Waals surface area contributed by atoms with Gasteiger partial charge in [0, 0.05) is 12.6 Å². The second kappa shape index (κ2) is 10.5. The minimum Gasteiger partial charge on any atom is -0.493 e. The van der Waals surface area contributed by atoms with Crippen molar-refractivity contribution in [2.24, 2.45) is 0 Å². The third-order valence-electron chi connectivity index (χ3n) is 7.73. The number of rotatable bonds is 8. The zero-order chi connectivity index (χ0) is 27.0. The normalized spacial score (nSPS) is 18.0. The van der Waals surface area contributed by atoms with E-state index in [2.05, 4.69) is 29.2 Å². The molecule has 8 nitrogen and oxygen atoms in total.